The predicted molar refractivity (Wildman–Crippen MR) is 100 cm³/mol. The van der Waals surface area contributed by atoms with E-state index in [1.165, 1.54) is 0 Å². The van der Waals surface area contributed by atoms with Gasteiger partial charge in [0.1, 0.15) is 17.5 Å². The van der Waals surface area contributed by atoms with Crippen LogP contribution in [0, 0.1) is 0 Å². The fraction of sp³-hybridized carbons (Fsp3) is 0.250. The molecule has 2 aromatic carbocycles. The van der Waals surface area contributed by atoms with Crippen molar-refractivity contribution in [3.63, 3.8) is 0 Å². The summed E-state index contributed by atoms with van der Waals surface area (Å²) in [5.74, 6) is 0.850. The Kier molecular flexibility index (Phi) is 4.36. The molecular weight excluding hydrogens is 336 g/mol. The number of rotatable bonds is 4. The fourth-order valence-corrected chi connectivity index (χ4v) is 3.55. The third kappa shape index (κ3) is 3.22. The van der Waals surface area contributed by atoms with Gasteiger partial charge in [-0.3, -0.25) is 9.47 Å². The van der Waals surface area contributed by atoms with Crippen molar-refractivity contribution in [2.45, 2.75) is 18.9 Å². The minimum atomic E-state index is 0.180. The first-order chi connectivity index (χ1) is 12.2. The summed E-state index contributed by atoms with van der Waals surface area (Å²) in [6.07, 6.45) is 2.93. The number of aromatic nitrogens is 1. The van der Waals surface area contributed by atoms with E-state index >= 15 is 0 Å². The zero-order chi connectivity index (χ0) is 17.2. The van der Waals surface area contributed by atoms with Crippen LogP contribution in [-0.4, -0.2) is 30.2 Å². The van der Waals surface area contributed by atoms with Crippen molar-refractivity contribution in [3.8, 4) is 5.75 Å². The Hall–Kier alpha value is -2.46. The zero-order valence-corrected chi connectivity index (χ0v) is 14.5. The second-order valence-corrected chi connectivity index (χ2v) is 6.72. The van der Waals surface area contributed by atoms with Crippen LogP contribution in [0.5, 0.6) is 5.75 Å². The molecule has 0 bridgehead atoms. The van der Waals surface area contributed by atoms with Gasteiger partial charge in [-0.1, -0.05) is 29.8 Å². The third-order valence-electron chi connectivity index (χ3n) is 4.65. The summed E-state index contributed by atoms with van der Waals surface area (Å²) in [5.41, 5.74) is 1.76. The SMILES string of the molecule is O=Cc1cc2ccccc2n1N1CCC(Oc2ccc(Cl)cc2)CC1. The van der Waals surface area contributed by atoms with Gasteiger partial charge >= 0.3 is 0 Å². The number of hydrogen-bond donors (Lipinski definition) is 0. The van der Waals surface area contributed by atoms with Crippen LogP contribution in [0.2, 0.25) is 5.02 Å². The van der Waals surface area contributed by atoms with Crippen LogP contribution in [0.25, 0.3) is 10.9 Å². The van der Waals surface area contributed by atoms with E-state index in [4.69, 9.17) is 16.3 Å². The highest BCUT2D eigenvalue weighted by molar-refractivity contribution is 6.30. The number of halogens is 1. The summed E-state index contributed by atoms with van der Waals surface area (Å²) in [6, 6.07) is 17.5. The topological polar surface area (TPSA) is 34.5 Å². The van der Waals surface area contributed by atoms with Gasteiger partial charge in [-0.15, -0.1) is 0 Å². The highest BCUT2D eigenvalue weighted by atomic mass is 35.5. The molecule has 0 radical (unpaired) electrons. The van der Waals surface area contributed by atoms with Gasteiger partial charge in [0.25, 0.3) is 0 Å². The normalized spacial score (nSPS) is 15.5. The number of hydrogen-bond acceptors (Lipinski definition) is 3. The second-order valence-electron chi connectivity index (χ2n) is 6.28. The first kappa shape index (κ1) is 16.0. The van der Waals surface area contributed by atoms with E-state index in [9.17, 15) is 4.79 Å². The molecule has 4 rings (SSSR count). The van der Waals surface area contributed by atoms with E-state index < -0.39 is 0 Å². The maximum atomic E-state index is 11.5. The number of nitrogens with zero attached hydrogens (tertiary/aromatic N) is 2. The number of benzene rings is 2. The van der Waals surface area contributed by atoms with E-state index in [0.717, 1.165) is 48.9 Å². The van der Waals surface area contributed by atoms with E-state index in [0.29, 0.717) is 10.7 Å². The van der Waals surface area contributed by atoms with Gasteiger partial charge in [-0.05, 0) is 36.4 Å². The molecule has 2 heterocycles. The molecule has 0 unspecified atom stereocenters. The average molecular weight is 355 g/mol. The van der Waals surface area contributed by atoms with Crippen LogP contribution in [0.1, 0.15) is 23.3 Å². The number of aldehydes is 1. The zero-order valence-electron chi connectivity index (χ0n) is 13.8. The lowest BCUT2D eigenvalue weighted by atomic mass is 10.1. The lowest BCUT2D eigenvalue weighted by Gasteiger charge is -2.35. The van der Waals surface area contributed by atoms with Gasteiger partial charge in [-0.25, -0.2) is 0 Å². The molecule has 0 saturated carbocycles. The van der Waals surface area contributed by atoms with Gasteiger partial charge in [0.05, 0.1) is 5.52 Å². The first-order valence-corrected chi connectivity index (χ1v) is 8.85. The monoisotopic (exact) mass is 354 g/mol. The Morgan fingerprint density at radius 1 is 1.04 bits per heavy atom. The number of carbonyl (C=O) groups is 1. The van der Waals surface area contributed by atoms with Gasteiger partial charge in [-0.2, -0.15) is 0 Å². The van der Waals surface area contributed by atoms with Crippen molar-refractivity contribution in [2.75, 3.05) is 18.1 Å². The van der Waals surface area contributed by atoms with Crippen LogP contribution < -0.4 is 9.75 Å². The quantitative estimate of drug-likeness (QED) is 0.656. The second kappa shape index (κ2) is 6.81. The molecule has 1 fully saturated rings. The fourth-order valence-electron chi connectivity index (χ4n) is 3.43. The first-order valence-electron chi connectivity index (χ1n) is 8.48. The maximum Gasteiger partial charge on any atom is 0.168 e. The maximum absolute atomic E-state index is 11.5. The molecule has 25 heavy (non-hydrogen) atoms. The number of carbonyl (C=O) groups excluding carboxylic acids is 1. The standard InChI is InChI=1S/C20H19ClN2O2/c21-16-5-7-18(8-6-16)25-19-9-11-22(12-10-19)23-17(14-24)13-15-3-1-2-4-20(15)23/h1-8,13-14,19H,9-12H2. The summed E-state index contributed by atoms with van der Waals surface area (Å²) in [5, 5.41) is 4.03. The van der Waals surface area contributed by atoms with E-state index in [-0.39, 0.29) is 6.10 Å². The number of para-hydroxylation sites is 1. The summed E-state index contributed by atoms with van der Waals surface area (Å²) in [4.78, 5) is 11.5. The number of ether oxygens (including phenoxy) is 1. The highest BCUT2D eigenvalue weighted by Gasteiger charge is 2.23. The lowest BCUT2D eigenvalue weighted by molar-refractivity contribution is 0.111. The number of piperidine rings is 1. The molecule has 128 valence electrons. The third-order valence-corrected chi connectivity index (χ3v) is 4.90. The average Bonchev–Trinajstić information content (AvgIpc) is 3.03. The molecule has 3 aromatic rings. The molecule has 0 spiro atoms. The summed E-state index contributed by atoms with van der Waals surface area (Å²) < 4.78 is 8.10. The largest absolute Gasteiger partial charge is 0.490 e. The Morgan fingerprint density at radius 2 is 1.76 bits per heavy atom. The molecule has 4 nitrogen and oxygen atoms in total. The van der Waals surface area contributed by atoms with E-state index in [1.54, 1.807) is 0 Å². The Labute approximate surface area is 151 Å². The van der Waals surface area contributed by atoms with E-state index in [1.807, 2.05) is 53.2 Å². The van der Waals surface area contributed by atoms with Crippen molar-refractivity contribution in [2.24, 2.45) is 0 Å². The van der Waals surface area contributed by atoms with Gasteiger partial charge < -0.3 is 9.75 Å². The van der Waals surface area contributed by atoms with Crippen LogP contribution >= 0.6 is 11.6 Å². The lowest BCUT2D eigenvalue weighted by Crippen LogP contribution is -2.45. The molecule has 1 aliphatic heterocycles. The molecule has 5 heteroatoms. The van der Waals surface area contributed by atoms with Crippen LogP contribution in [-0.2, 0) is 0 Å². The Balaban J connectivity index is 1.48. The summed E-state index contributed by atoms with van der Waals surface area (Å²) in [7, 11) is 0. The van der Waals surface area contributed by atoms with E-state index in [2.05, 4.69) is 11.1 Å². The minimum absolute atomic E-state index is 0.180. The van der Waals surface area contributed by atoms with Crippen molar-refractivity contribution < 1.29 is 9.53 Å². The van der Waals surface area contributed by atoms with Crippen molar-refractivity contribution in [1.29, 1.82) is 0 Å². The molecule has 0 amide bonds. The molecule has 0 aliphatic carbocycles. The molecule has 0 atom stereocenters. The smallest absolute Gasteiger partial charge is 0.168 e. The minimum Gasteiger partial charge on any atom is -0.490 e. The van der Waals surface area contributed by atoms with Crippen LogP contribution in [0.15, 0.2) is 54.6 Å². The van der Waals surface area contributed by atoms with Crippen molar-refractivity contribution >= 4 is 28.8 Å². The molecule has 1 aromatic heterocycles. The van der Waals surface area contributed by atoms with Gasteiger partial charge in [0.15, 0.2) is 6.29 Å². The Morgan fingerprint density at radius 3 is 2.48 bits per heavy atom. The summed E-state index contributed by atoms with van der Waals surface area (Å²) >= 11 is 5.91. The molecule has 0 N–H and O–H groups in total. The molecule has 1 saturated heterocycles. The highest BCUT2D eigenvalue weighted by Crippen LogP contribution is 2.24. The summed E-state index contributed by atoms with van der Waals surface area (Å²) in [6.45, 7) is 1.69. The van der Waals surface area contributed by atoms with Crippen molar-refractivity contribution in [3.05, 3.63) is 65.3 Å². The van der Waals surface area contributed by atoms with Crippen molar-refractivity contribution in [1.82, 2.24) is 4.68 Å². The molecule has 1 aliphatic rings. The molecular formula is C20H19ClN2O2. The van der Waals surface area contributed by atoms with Crippen LogP contribution in [0.3, 0.4) is 0 Å². The Bertz CT molecular complexity index is 880. The van der Waals surface area contributed by atoms with Crippen LogP contribution in [0.4, 0.5) is 0 Å². The predicted octanol–water partition coefficient (Wildman–Crippen LogP) is 4.29. The van der Waals surface area contributed by atoms with Gasteiger partial charge in [0, 0.05) is 36.3 Å². The number of fused-ring (bicyclic) bond motifs is 1. The van der Waals surface area contributed by atoms with Gasteiger partial charge in [0.2, 0.25) is 0 Å².